The van der Waals surface area contributed by atoms with Gasteiger partial charge in [-0.1, -0.05) is 13.8 Å². The number of benzene rings is 2. The predicted molar refractivity (Wildman–Crippen MR) is 192 cm³/mol. The predicted octanol–water partition coefficient (Wildman–Crippen LogP) is 6.88. The molecule has 10 rings (SSSR count). The topological polar surface area (TPSA) is 82.1 Å². The highest BCUT2D eigenvalue weighted by molar-refractivity contribution is 5.75. The summed E-state index contributed by atoms with van der Waals surface area (Å²) in [6.07, 6.45) is 12.2. The average molecular weight is 677 g/mol. The van der Waals surface area contributed by atoms with Crippen LogP contribution in [0.3, 0.4) is 0 Å². The molecule has 2 spiro atoms. The van der Waals surface area contributed by atoms with Crippen LogP contribution in [0.2, 0.25) is 0 Å². The zero-order valence-corrected chi connectivity index (χ0v) is 29.1. The summed E-state index contributed by atoms with van der Waals surface area (Å²) in [7, 11) is 0. The van der Waals surface area contributed by atoms with E-state index in [4.69, 9.17) is 0 Å². The van der Waals surface area contributed by atoms with Gasteiger partial charge in [-0.3, -0.25) is 0 Å². The Morgan fingerprint density at radius 3 is 1.54 bits per heavy atom. The molecule has 2 aromatic carbocycles. The van der Waals surface area contributed by atoms with Crippen molar-refractivity contribution >= 4 is 23.0 Å². The fourth-order valence-electron chi connectivity index (χ4n) is 10.0. The van der Waals surface area contributed by atoms with E-state index in [9.17, 15) is 8.78 Å². The van der Waals surface area contributed by atoms with Gasteiger partial charge in [-0.05, 0) is 124 Å². The van der Waals surface area contributed by atoms with Gasteiger partial charge >= 0.3 is 0 Å². The number of anilines is 4. The van der Waals surface area contributed by atoms with Crippen molar-refractivity contribution in [2.45, 2.75) is 87.9 Å². The molecule has 6 aliphatic rings. The van der Waals surface area contributed by atoms with Crippen molar-refractivity contribution in [3.05, 3.63) is 94.3 Å². The normalized spacial score (nSPS) is 27.6. The summed E-state index contributed by atoms with van der Waals surface area (Å²) >= 11 is 0. The summed E-state index contributed by atoms with van der Waals surface area (Å²) in [4.78, 5) is 23.0. The van der Waals surface area contributed by atoms with Gasteiger partial charge < -0.3 is 20.4 Å². The van der Waals surface area contributed by atoms with Crippen molar-refractivity contribution < 1.29 is 8.78 Å². The molecule has 0 bridgehead atoms. The Labute approximate surface area is 293 Å². The molecular weight excluding hydrogens is 630 g/mol. The van der Waals surface area contributed by atoms with Gasteiger partial charge in [0.1, 0.15) is 35.9 Å². The maximum atomic E-state index is 14.0. The number of nitrogens with zero attached hydrogens (tertiary/aromatic N) is 6. The van der Waals surface area contributed by atoms with Crippen LogP contribution in [-0.4, -0.2) is 59.2 Å². The Bertz CT molecular complexity index is 1800. The molecule has 6 heterocycles. The van der Waals surface area contributed by atoms with Crippen LogP contribution >= 0.6 is 0 Å². The second-order valence-corrected chi connectivity index (χ2v) is 15.6. The van der Waals surface area contributed by atoms with Crippen LogP contribution in [0.1, 0.15) is 97.8 Å². The van der Waals surface area contributed by atoms with Crippen molar-refractivity contribution in [2.24, 2.45) is 0 Å². The molecular formula is C40H46F2N8. The molecule has 0 radical (unpaired) electrons. The van der Waals surface area contributed by atoms with Crippen molar-refractivity contribution in [1.82, 2.24) is 30.6 Å². The molecule has 0 unspecified atom stereocenters. The van der Waals surface area contributed by atoms with Gasteiger partial charge in [0.25, 0.3) is 0 Å². The van der Waals surface area contributed by atoms with Gasteiger partial charge in [0.15, 0.2) is 0 Å². The first-order valence-corrected chi connectivity index (χ1v) is 18.6. The van der Waals surface area contributed by atoms with Crippen molar-refractivity contribution in [2.75, 3.05) is 49.1 Å². The van der Waals surface area contributed by atoms with Crippen LogP contribution < -0.4 is 20.4 Å². The molecule has 4 atom stereocenters. The van der Waals surface area contributed by atoms with Crippen LogP contribution in [0.5, 0.6) is 0 Å². The largest absolute Gasteiger partial charge is 0.325 e. The van der Waals surface area contributed by atoms with E-state index in [1.54, 1.807) is 36.9 Å². The number of halogens is 2. The molecule has 2 aliphatic carbocycles. The minimum Gasteiger partial charge on any atom is -0.325 e. The Morgan fingerprint density at radius 2 is 1.12 bits per heavy atom. The van der Waals surface area contributed by atoms with E-state index in [2.05, 4.69) is 54.2 Å². The number of rotatable bonds is 2. The zero-order valence-electron chi connectivity index (χ0n) is 29.1. The van der Waals surface area contributed by atoms with Crippen LogP contribution in [0, 0.1) is 11.6 Å². The molecule has 8 nitrogen and oxygen atoms in total. The summed E-state index contributed by atoms with van der Waals surface area (Å²) < 4.78 is 28.1. The van der Waals surface area contributed by atoms with Gasteiger partial charge in [0.05, 0.1) is 0 Å². The van der Waals surface area contributed by atoms with E-state index in [1.165, 1.54) is 22.5 Å². The Hall–Kier alpha value is -4.02. The monoisotopic (exact) mass is 676 g/mol. The summed E-state index contributed by atoms with van der Waals surface area (Å²) in [6, 6.07) is 10.5. The lowest BCUT2D eigenvalue weighted by molar-refractivity contribution is 0.332. The fraction of sp³-hybridized carbons (Fsp3) is 0.500. The summed E-state index contributed by atoms with van der Waals surface area (Å²) in [5, 5.41) is 7.06. The van der Waals surface area contributed by atoms with Gasteiger partial charge in [-0.2, -0.15) is 0 Å². The van der Waals surface area contributed by atoms with E-state index in [1.807, 2.05) is 12.1 Å². The van der Waals surface area contributed by atoms with Crippen molar-refractivity contribution in [1.29, 1.82) is 0 Å². The SMILES string of the molecule is C[C@@H]1CCc2ncnc(N3C[C@@]4(CCCNC4)c4cc(F)ccc43)c21.C[C@@H]1CCc2ncnc(N3C[C@]4(CCCNC4)c4cc(F)ccc43)c21. The zero-order chi connectivity index (χ0) is 34.0. The van der Waals surface area contributed by atoms with Crippen LogP contribution in [0.25, 0.3) is 0 Å². The Balaban J connectivity index is 0.000000135. The molecule has 2 N–H and O–H groups in total. The maximum absolute atomic E-state index is 14.0. The molecule has 2 fully saturated rings. The quantitative estimate of drug-likeness (QED) is 0.238. The third kappa shape index (κ3) is 5.12. The first-order chi connectivity index (χ1) is 24.4. The third-order valence-corrected chi connectivity index (χ3v) is 12.5. The number of aromatic nitrogens is 4. The van der Waals surface area contributed by atoms with Crippen LogP contribution in [0.4, 0.5) is 31.8 Å². The molecule has 260 valence electrons. The van der Waals surface area contributed by atoms with Gasteiger partial charge in [0, 0.05) is 70.9 Å². The average Bonchev–Trinajstić information content (AvgIpc) is 3.88. The Kier molecular flexibility index (Phi) is 7.88. The van der Waals surface area contributed by atoms with E-state index in [0.29, 0.717) is 11.8 Å². The second kappa shape index (κ2) is 12.3. The van der Waals surface area contributed by atoms with Gasteiger partial charge in [0.2, 0.25) is 0 Å². The highest BCUT2D eigenvalue weighted by atomic mass is 19.1. The molecule has 2 saturated heterocycles. The van der Waals surface area contributed by atoms with E-state index >= 15 is 0 Å². The number of fused-ring (bicyclic) bond motifs is 6. The minimum atomic E-state index is -0.146. The fourth-order valence-corrected chi connectivity index (χ4v) is 10.0. The van der Waals surface area contributed by atoms with E-state index < -0.39 is 0 Å². The number of hydrogen-bond donors (Lipinski definition) is 2. The molecule has 10 heteroatoms. The first kappa shape index (κ1) is 31.9. The lowest BCUT2D eigenvalue weighted by atomic mass is 9.76. The number of aryl methyl sites for hydroxylation is 2. The second-order valence-electron chi connectivity index (χ2n) is 15.6. The van der Waals surface area contributed by atoms with Crippen LogP contribution in [0.15, 0.2) is 49.1 Å². The first-order valence-electron chi connectivity index (χ1n) is 18.6. The van der Waals surface area contributed by atoms with Crippen molar-refractivity contribution in [3.8, 4) is 0 Å². The van der Waals surface area contributed by atoms with E-state index in [0.717, 1.165) is 125 Å². The Morgan fingerprint density at radius 1 is 0.660 bits per heavy atom. The van der Waals surface area contributed by atoms with Gasteiger partial charge in [-0.25, -0.2) is 28.7 Å². The molecule has 50 heavy (non-hydrogen) atoms. The summed E-state index contributed by atoms with van der Waals surface area (Å²) in [6.45, 7) is 10.2. The molecule has 0 saturated carbocycles. The third-order valence-electron chi connectivity index (χ3n) is 12.5. The maximum Gasteiger partial charge on any atom is 0.140 e. The number of nitrogens with one attached hydrogen (secondary N) is 2. The number of hydrogen-bond acceptors (Lipinski definition) is 8. The molecule has 0 amide bonds. The lowest BCUT2D eigenvalue weighted by Crippen LogP contribution is -2.46. The summed E-state index contributed by atoms with van der Waals surface area (Å²) in [5.74, 6) is 2.74. The van der Waals surface area contributed by atoms with Crippen molar-refractivity contribution in [3.63, 3.8) is 0 Å². The summed E-state index contributed by atoms with van der Waals surface area (Å²) in [5.41, 5.74) is 9.42. The molecule has 4 aromatic rings. The van der Waals surface area contributed by atoms with Crippen LogP contribution in [-0.2, 0) is 23.7 Å². The highest BCUT2D eigenvalue weighted by Gasteiger charge is 2.47. The smallest absolute Gasteiger partial charge is 0.140 e. The van der Waals surface area contributed by atoms with Gasteiger partial charge in [-0.15, -0.1) is 0 Å². The molecule has 4 aliphatic heterocycles. The lowest BCUT2D eigenvalue weighted by Gasteiger charge is -2.35. The minimum absolute atomic E-state index is 0.0185. The molecule has 2 aromatic heterocycles. The highest BCUT2D eigenvalue weighted by Crippen LogP contribution is 2.51. The van der Waals surface area contributed by atoms with E-state index in [-0.39, 0.29) is 22.5 Å². The standard InChI is InChI=1S/2C20H23FN4/c2*1-13-3-5-16-18(13)19(24-12-23-16)25-11-20(7-2-8-22-10-20)15-9-14(21)4-6-17(15)25/h2*4,6,9,12-13,22H,2-3,5,7-8,10-11H2,1H3/t13-,20+;13-,20-/m11/s1. The number of piperidine rings is 2.